The second-order valence-corrected chi connectivity index (χ2v) is 9.86. The summed E-state index contributed by atoms with van der Waals surface area (Å²) in [7, 11) is -2.56. The molecule has 2 nitrogen and oxygen atoms in total. The summed E-state index contributed by atoms with van der Waals surface area (Å²) in [4.78, 5) is 11.1. The summed E-state index contributed by atoms with van der Waals surface area (Å²) in [5, 5.41) is 0. The Morgan fingerprint density at radius 1 is 1.44 bits per heavy atom. The van der Waals surface area contributed by atoms with E-state index in [4.69, 9.17) is 11.2 Å². The number of esters is 1. The van der Waals surface area contributed by atoms with Gasteiger partial charge in [0.25, 0.3) is 0 Å². The van der Waals surface area contributed by atoms with Crippen LogP contribution in [0.4, 0.5) is 8.78 Å². The lowest BCUT2D eigenvalue weighted by atomic mass is 10.3. The van der Waals surface area contributed by atoms with Crippen LogP contribution in [0.5, 0.6) is 0 Å². The van der Waals surface area contributed by atoms with E-state index in [1.54, 1.807) is 19.6 Å². The summed E-state index contributed by atoms with van der Waals surface area (Å²) in [6, 6.07) is 0. The van der Waals surface area contributed by atoms with Gasteiger partial charge in [0.1, 0.15) is 14.7 Å². The van der Waals surface area contributed by atoms with Crippen LogP contribution in [0.1, 0.15) is 19.3 Å². The fourth-order valence-corrected chi connectivity index (χ4v) is 1.81. The molecule has 0 fully saturated rings. The number of rotatable bonds is 6. The minimum Gasteiger partial charge on any atom is -0.465 e. The number of alkyl halides is 2. The van der Waals surface area contributed by atoms with Gasteiger partial charge < -0.3 is 4.74 Å². The number of carbonyl (C=O) groups is 1. The molecular formula is C11H18F2O2Si. The van der Waals surface area contributed by atoms with E-state index in [9.17, 15) is 13.6 Å². The van der Waals surface area contributed by atoms with E-state index >= 15 is 0 Å². The molecule has 5 heteroatoms. The highest BCUT2D eigenvalue weighted by atomic mass is 28.3. The van der Waals surface area contributed by atoms with E-state index in [1.165, 1.54) is 0 Å². The third-order valence-corrected chi connectivity index (χ3v) is 4.69. The van der Waals surface area contributed by atoms with E-state index in [-0.39, 0.29) is 13.0 Å². The highest BCUT2D eigenvalue weighted by Gasteiger charge is 2.44. The number of hydrogen-bond acceptors (Lipinski definition) is 2. The SMILES string of the molecule is C#CCCOC(=O)CCC(F)(F)[Si](C)(C)C. The second kappa shape index (κ2) is 5.99. The van der Waals surface area contributed by atoms with Crippen molar-refractivity contribution in [3.8, 4) is 12.3 Å². The van der Waals surface area contributed by atoms with E-state index in [0.29, 0.717) is 6.42 Å². The smallest absolute Gasteiger partial charge is 0.306 e. The average Bonchev–Trinajstić information content (AvgIpc) is 2.13. The molecule has 0 spiro atoms. The third kappa shape index (κ3) is 5.26. The zero-order chi connectivity index (χ0) is 12.8. The van der Waals surface area contributed by atoms with Crippen molar-refractivity contribution >= 4 is 14.0 Å². The number of hydrogen-bond donors (Lipinski definition) is 0. The van der Waals surface area contributed by atoms with Crippen LogP contribution in [0.25, 0.3) is 0 Å². The van der Waals surface area contributed by atoms with Crippen molar-refractivity contribution in [2.24, 2.45) is 0 Å². The average molecular weight is 248 g/mol. The summed E-state index contributed by atoms with van der Waals surface area (Å²) >= 11 is 0. The highest BCUT2D eigenvalue weighted by Crippen LogP contribution is 2.31. The number of halogens is 2. The maximum atomic E-state index is 13.5. The molecular weight excluding hydrogens is 230 g/mol. The van der Waals surface area contributed by atoms with Gasteiger partial charge in [0, 0.05) is 12.8 Å². The fraction of sp³-hybridized carbons (Fsp3) is 0.727. The van der Waals surface area contributed by atoms with Crippen molar-refractivity contribution in [2.45, 2.75) is 44.4 Å². The Bertz CT molecular complexity index is 277. The molecule has 0 aliphatic heterocycles. The van der Waals surface area contributed by atoms with Gasteiger partial charge in [-0.15, -0.1) is 12.3 Å². The first-order chi connectivity index (χ1) is 7.20. The Morgan fingerprint density at radius 3 is 2.44 bits per heavy atom. The first-order valence-corrected chi connectivity index (χ1v) is 8.67. The normalized spacial score (nSPS) is 12.0. The summed E-state index contributed by atoms with van der Waals surface area (Å²) in [5.41, 5.74) is -2.74. The van der Waals surface area contributed by atoms with E-state index in [1.807, 2.05) is 0 Å². The molecule has 0 rings (SSSR count). The van der Waals surface area contributed by atoms with Crippen molar-refractivity contribution in [1.29, 1.82) is 0 Å². The monoisotopic (exact) mass is 248 g/mol. The molecule has 0 aliphatic carbocycles. The van der Waals surface area contributed by atoms with Gasteiger partial charge >= 0.3 is 5.97 Å². The molecule has 0 saturated heterocycles. The Kier molecular flexibility index (Phi) is 5.66. The molecule has 0 aliphatic rings. The zero-order valence-corrected chi connectivity index (χ0v) is 11.0. The molecule has 0 heterocycles. The molecule has 0 aromatic carbocycles. The standard InChI is InChI=1S/C11H18F2O2Si/c1-5-6-9-15-10(14)7-8-11(12,13)16(2,3)4/h1H,6-9H2,2-4H3. The molecule has 0 unspecified atom stereocenters. The predicted molar refractivity (Wildman–Crippen MR) is 61.9 cm³/mol. The molecule has 0 amide bonds. The molecule has 0 bridgehead atoms. The topological polar surface area (TPSA) is 26.3 Å². The van der Waals surface area contributed by atoms with Crippen molar-refractivity contribution in [1.82, 2.24) is 0 Å². The molecule has 0 N–H and O–H groups in total. The van der Waals surface area contributed by atoms with Crippen molar-refractivity contribution in [2.75, 3.05) is 6.61 Å². The Morgan fingerprint density at radius 2 is 2.00 bits per heavy atom. The van der Waals surface area contributed by atoms with Gasteiger partial charge in [-0.3, -0.25) is 4.79 Å². The van der Waals surface area contributed by atoms with Crippen LogP contribution in [0.2, 0.25) is 19.6 Å². The number of ether oxygens (including phenoxy) is 1. The molecule has 0 aromatic heterocycles. The van der Waals surface area contributed by atoms with Gasteiger partial charge in [0.2, 0.25) is 5.55 Å². The van der Waals surface area contributed by atoms with Gasteiger partial charge in [0.15, 0.2) is 0 Å². The molecule has 16 heavy (non-hydrogen) atoms. The van der Waals surface area contributed by atoms with Crippen LogP contribution in [0.15, 0.2) is 0 Å². The lowest BCUT2D eigenvalue weighted by Crippen LogP contribution is -2.45. The van der Waals surface area contributed by atoms with Crippen LogP contribution in [0.3, 0.4) is 0 Å². The Hall–Kier alpha value is -0.893. The minimum atomic E-state index is -2.74. The van der Waals surface area contributed by atoms with Crippen molar-refractivity contribution < 1.29 is 18.3 Å². The zero-order valence-electron chi connectivity index (χ0n) is 9.98. The summed E-state index contributed by atoms with van der Waals surface area (Å²) in [6.07, 6.45) is 4.59. The summed E-state index contributed by atoms with van der Waals surface area (Å²) < 4.78 is 31.7. The van der Waals surface area contributed by atoms with E-state index < -0.39 is 26.0 Å². The van der Waals surface area contributed by atoms with E-state index in [2.05, 4.69) is 5.92 Å². The summed E-state index contributed by atoms with van der Waals surface area (Å²) in [5.74, 6) is 1.70. The Balaban J connectivity index is 3.97. The lowest BCUT2D eigenvalue weighted by molar-refractivity contribution is -0.144. The lowest BCUT2D eigenvalue weighted by Gasteiger charge is -2.28. The first kappa shape index (κ1) is 15.1. The third-order valence-electron chi connectivity index (χ3n) is 2.25. The minimum absolute atomic E-state index is 0.105. The first-order valence-electron chi connectivity index (χ1n) is 5.17. The van der Waals surface area contributed by atoms with E-state index in [0.717, 1.165) is 0 Å². The quantitative estimate of drug-likeness (QED) is 0.313. The predicted octanol–water partition coefficient (Wildman–Crippen LogP) is 2.85. The maximum Gasteiger partial charge on any atom is 0.306 e. The summed E-state index contributed by atoms with van der Waals surface area (Å²) in [6.45, 7) is 4.85. The van der Waals surface area contributed by atoms with Gasteiger partial charge in [-0.05, 0) is 0 Å². The maximum absolute atomic E-state index is 13.5. The highest BCUT2D eigenvalue weighted by molar-refractivity contribution is 6.78. The fourth-order valence-electron chi connectivity index (χ4n) is 0.930. The largest absolute Gasteiger partial charge is 0.465 e. The molecule has 0 radical (unpaired) electrons. The Labute approximate surface area is 96.4 Å². The molecule has 0 aromatic rings. The van der Waals surface area contributed by atoms with Crippen molar-refractivity contribution in [3.05, 3.63) is 0 Å². The van der Waals surface area contributed by atoms with Gasteiger partial charge in [-0.1, -0.05) is 19.6 Å². The second-order valence-electron chi connectivity index (χ2n) is 4.63. The van der Waals surface area contributed by atoms with Crippen molar-refractivity contribution in [3.63, 3.8) is 0 Å². The van der Waals surface area contributed by atoms with Gasteiger partial charge in [0.05, 0.1) is 6.42 Å². The number of carbonyl (C=O) groups excluding carboxylic acids is 1. The van der Waals surface area contributed by atoms with Crippen LogP contribution >= 0.6 is 0 Å². The van der Waals surface area contributed by atoms with Gasteiger partial charge in [-0.25, -0.2) is 8.78 Å². The van der Waals surface area contributed by atoms with Gasteiger partial charge in [-0.2, -0.15) is 0 Å². The van der Waals surface area contributed by atoms with Crippen LogP contribution < -0.4 is 0 Å². The van der Waals surface area contributed by atoms with Crippen LogP contribution in [-0.2, 0) is 9.53 Å². The number of terminal acetylenes is 1. The van der Waals surface area contributed by atoms with Crippen LogP contribution in [0, 0.1) is 12.3 Å². The molecule has 0 atom stereocenters. The molecule has 0 saturated carbocycles. The molecule has 92 valence electrons. The van der Waals surface area contributed by atoms with Crippen LogP contribution in [-0.4, -0.2) is 26.2 Å².